The van der Waals surface area contributed by atoms with Crippen LogP contribution in [0.3, 0.4) is 0 Å². The molecule has 2 amide bonds. The van der Waals surface area contributed by atoms with E-state index in [2.05, 4.69) is 26.8 Å². The number of rotatable bonds is 4. The number of hydrogen-bond acceptors (Lipinski definition) is 5. The van der Waals surface area contributed by atoms with E-state index in [-0.39, 0.29) is 11.7 Å². The number of benzene rings is 1. The maximum Gasteiger partial charge on any atom is 0.354 e. The van der Waals surface area contributed by atoms with Crippen LogP contribution in [0.1, 0.15) is 28.9 Å². The minimum absolute atomic E-state index is 0.00564. The highest BCUT2D eigenvalue weighted by Gasteiger charge is 2.27. The molecule has 1 aromatic carbocycles. The Hall–Kier alpha value is -4.27. The predicted octanol–water partition coefficient (Wildman–Crippen LogP) is 3.58. The summed E-state index contributed by atoms with van der Waals surface area (Å²) in [5, 5.41) is 13.7. The first-order valence-electron chi connectivity index (χ1n) is 11.1. The van der Waals surface area contributed by atoms with E-state index in [9.17, 15) is 9.59 Å². The molecule has 1 aliphatic heterocycles. The van der Waals surface area contributed by atoms with Gasteiger partial charge in [-0.1, -0.05) is 25.1 Å². The smallest absolute Gasteiger partial charge is 0.354 e. The number of aromatic carboxylic acids is 1. The van der Waals surface area contributed by atoms with Crippen LogP contribution in [-0.4, -0.2) is 55.1 Å². The van der Waals surface area contributed by atoms with Crippen molar-refractivity contribution in [3.63, 3.8) is 0 Å². The van der Waals surface area contributed by atoms with Gasteiger partial charge in [0.25, 0.3) is 0 Å². The minimum atomic E-state index is -1.06. The largest absolute Gasteiger partial charge is 0.477 e. The Kier molecular flexibility index (Phi) is 5.45. The third-order valence-electron chi connectivity index (χ3n) is 6.20. The van der Waals surface area contributed by atoms with Crippen LogP contribution in [0.5, 0.6) is 0 Å². The Morgan fingerprint density at radius 1 is 1.12 bits per heavy atom. The van der Waals surface area contributed by atoms with Crippen LogP contribution >= 0.6 is 0 Å². The summed E-state index contributed by atoms with van der Waals surface area (Å²) in [6.07, 6.45) is 4.15. The molecule has 0 saturated carbocycles. The molecule has 0 aliphatic carbocycles. The van der Waals surface area contributed by atoms with E-state index in [4.69, 9.17) is 10.1 Å². The molecule has 0 spiro atoms. The fourth-order valence-electron chi connectivity index (χ4n) is 4.47. The Bertz CT molecular complexity index is 1410. The molecule has 9 heteroatoms. The van der Waals surface area contributed by atoms with Crippen molar-refractivity contribution in [2.45, 2.75) is 26.4 Å². The predicted molar refractivity (Wildman–Crippen MR) is 127 cm³/mol. The summed E-state index contributed by atoms with van der Waals surface area (Å²) in [5.74, 6) is -0.0553. The maximum atomic E-state index is 12.3. The van der Waals surface area contributed by atoms with Crippen molar-refractivity contribution in [3.05, 3.63) is 66.0 Å². The second-order valence-corrected chi connectivity index (χ2v) is 8.14. The molecule has 0 unspecified atom stereocenters. The lowest BCUT2D eigenvalue weighted by Gasteiger charge is -2.29. The Morgan fingerprint density at radius 3 is 2.68 bits per heavy atom. The van der Waals surface area contributed by atoms with Crippen molar-refractivity contribution in [1.29, 1.82) is 0 Å². The summed E-state index contributed by atoms with van der Waals surface area (Å²) in [7, 11) is 1.64. The highest BCUT2D eigenvalue weighted by atomic mass is 16.4. The number of carboxylic acids is 1. The zero-order valence-electron chi connectivity index (χ0n) is 18.9. The molecule has 0 atom stereocenters. The summed E-state index contributed by atoms with van der Waals surface area (Å²) in [4.78, 5) is 38.8. The van der Waals surface area contributed by atoms with Gasteiger partial charge in [0.2, 0.25) is 0 Å². The van der Waals surface area contributed by atoms with E-state index in [1.165, 1.54) is 12.3 Å². The summed E-state index contributed by atoms with van der Waals surface area (Å²) in [5.41, 5.74) is 4.31. The van der Waals surface area contributed by atoms with Gasteiger partial charge >= 0.3 is 12.0 Å². The Labute approximate surface area is 196 Å². The molecule has 172 valence electrons. The summed E-state index contributed by atoms with van der Waals surface area (Å²) in [6, 6.07) is 11.1. The van der Waals surface area contributed by atoms with Crippen molar-refractivity contribution in [1.82, 2.24) is 29.7 Å². The zero-order valence-corrected chi connectivity index (χ0v) is 18.9. The molecule has 4 heterocycles. The molecular weight excluding hydrogens is 432 g/mol. The number of imidazole rings is 1. The molecular formula is C25H24N6O3. The molecule has 5 rings (SSSR count). The number of carboxylic acid groups (broad SMARTS) is 1. The average molecular weight is 457 g/mol. The SMILES string of the molecule is CCc1nc(-c2cccc3cc(-c4ccc(C(=O)O)nc4)ncc23)c2n1CCN(C(=O)NC)C2. The summed E-state index contributed by atoms with van der Waals surface area (Å²) < 4.78 is 2.23. The minimum Gasteiger partial charge on any atom is -0.477 e. The van der Waals surface area contributed by atoms with Gasteiger partial charge in [-0.3, -0.25) is 4.98 Å². The molecule has 9 nitrogen and oxygen atoms in total. The quantitative estimate of drug-likeness (QED) is 0.485. The first kappa shape index (κ1) is 21.6. The van der Waals surface area contributed by atoms with Gasteiger partial charge in [-0.2, -0.15) is 0 Å². The Morgan fingerprint density at radius 2 is 1.97 bits per heavy atom. The van der Waals surface area contributed by atoms with Crippen LogP contribution in [0.4, 0.5) is 4.79 Å². The number of urea groups is 1. The lowest BCUT2D eigenvalue weighted by molar-refractivity contribution is 0.0690. The highest BCUT2D eigenvalue weighted by Crippen LogP contribution is 2.34. The number of carbonyl (C=O) groups is 2. The zero-order chi connectivity index (χ0) is 23.8. The number of amides is 2. The second-order valence-electron chi connectivity index (χ2n) is 8.14. The van der Waals surface area contributed by atoms with Crippen LogP contribution in [0.2, 0.25) is 0 Å². The lowest BCUT2D eigenvalue weighted by atomic mass is 10.0. The van der Waals surface area contributed by atoms with E-state index in [1.807, 2.05) is 30.5 Å². The van der Waals surface area contributed by atoms with Crippen LogP contribution in [0, 0.1) is 0 Å². The number of aryl methyl sites for hydroxylation is 1. The van der Waals surface area contributed by atoms with Crippen molar-refractivity contribution in [2.75, 3.05) is 13.6 Å². The average Bonchev–Trinajstić information content (AvgIpc) is 3.25. The van der Waals surface area contributed by atoms with Gasteiger partial charge in [0, 0.05) is 55.5 Å². The van der Waals surface area contributed by atoms with Crippen LogP contribution in [-0.2, 0) is 19.5 Å². The van der Waals surface area contributed by atoms with Crippen molar-refractivity contribution in [2.24, 2.45) is 0 Å². The fraction of sp³-hybridized carbons (Fsp3) is 0.240. The van der Waals surface area contributed by atoms with E-state index < -0.39 is 5.97 Å². The number of pyridine rings is 2. The number of carbonyl (C=O) groups excluding carboxylic acids is 1. The van der Waals surface area contributed by atoms with Gasteiger partial charge in [-0.25, -0.2) is 19.6 Å². The molecule has 3 aromatic heterocycles. The molecule has 0 radical (unpaired) electrons. The molecule has 0 saturated heterocycles. The van der Waals surface area contributed by atoms with E-state index in [0.29, 0.717) is 25.3 Å². The lowest BCUT2D eigenvalue weighted by Crippen LogP contribution is -2.43. The maximum absolute atomic E-state index is 12.3. The monoisotopic (exact) mass is 456 g/mol. The van der Waals surface area contributed by atoms with Crippen LogP contribution < -0.4 is 5.32 Å². The molecule has 0 bridgehead atoms. The third-order valence-corrected chi connectivity index (χ3v) is 6.20. The standard InChI is InChI=1S/C25H24N6O3/c1-3-22-29-23(21-14-30(25(34)26-2)9-10-31(21)22)17-6-4-5-15-11-20(28-13-18(15)17)16-7-8-19(24(32)33)27-12-16/h4-8,11-13H,3,9-10,14H2,1-2H3,(H,26,34)(H,32,33). The number of hydrogen-bond donors (Lipinski definition) is 2. The number of fused-ring (bicyclic) bond motifs is 2. The van der Waals surface area contributed by atoms with Crippen molar-refractivity contribution in [3.8, 4) is 22.5 Å². The fourth-order valence-corrected chi connectivity index (χ4v) is 4.47. The first-order chi connectivity index (χ1) is 16.5. The molecule has 4 aromatic rings. The first-order valence-corrected chi connectivity index (χ1v) is 11.1. The highest BCUT2D eigenvalue weighted by molar-refractivity contribution is 5.97. The Balaban J connectivity index is 1.58. The van der Waals surface area contributed by atoms with E-state index in [0.717, 1.165) is 45.5 Å². The molecule has 0 fully saturated rings. The number of aromatic nitrogens is 4. The van der Waals surface area contributed by atoms with Crippen LogP contribution in [0.25, 0.3) is 33.3 Å². The molecule has 2 N–H and O–H groups in total. The molecule has 1 aliphatic rings. The van der Waals surface area contributed by atoms with Crippen molar-refractivity contribution < 1.29 is 14.7 Å². The number of nitrogens with zero attached hydrogens (tertiary/aromatic N) is 5. The van der Waals surface area contributed by atoms with E-state index in [1.54, 1.807) is 18.0 Å². The van der Waals surface area contributed by atoms with Gasteiger partial charge in [0.15, 0.2) is 0 Å². The van der Waals surface area contributed by atoms with Gasteiger partial charge in [-0.15, -0.1) is 0 Å². The molecule has 34 heavy (non-hydrogen) atoms. The van der Waals surface area contributed by atoms with Gasteiger partial charge in [0.05, 0.1) is 23.6 Å². The third kappa shape index (κ3) is 3.64. The topological polar surface area (TPSA) is 113 Å². The van der Waals surface area contributed by atoms with Gasteiger partial charge in [0.1, 0.15) is 11.5 Å². The second kappa shape index (κ2) is 8.58. The van der Waals surface area contributed by atoms with E-state index >= 15 is 0 Å². The number of nitrogens with one attached hydrogen (secondary N) is 1. The summed E-state index contributed by atoms with van der Waals surface area (Å²) >= 11 is 0. The van der Waals surface area contributed by atoms with Gasteiger partial charge < -0.3 is 19.9 Å². The van der Waals surface area contributed by atoms with Crippen molar-refractivity contribution >= 4 is 22.8 Å². The normalized spacial score (nSPS) is 13.1. The summed E-state index contributed by atoms with van der Waals surface area (Å²) in [6.45, 7) is 3.94. The van der Waals surface area contributed by atoms with Gasteiger partial charge in [-0.05, 0) is 23.6 Å². The van der Waals surface area contributed by atoms with Crippen LogP contribution in [0.15, 0.2) is 48.8 Å².